The Morgan fingerprint density at radius 2 is 2.13 bits per heavy atom. The predicted molar refractivity (Wildman–Crippen MR) is 51.9 cm³/mol. The summed E-state index contributed by atoms with van der Waals surface area (Å²) in [4.78, 5) is 10.1. The van der Waals surface area contributed by atoms with Crippen LogP contribution in [0.3, 0.4) is 0 Å². The van der Waals surface area contributed by atoms with Crippen molar-refractivity contribution in [1.29, 1.82) is 10.5 Å². The molecule has 0 unspecified atom stereocenters. The van der Waals surface area contributed by atoms with Gasteiger partial charge in [-0.2, -0.15) is 10.5 Å². The van der Waals surface area contributed by atoms with Gasteiger partial charge >= 0.3 is 0 Å². The van der Waals surface area contributed by atoms with E-state index in [1.807, 2.05) is 12.1 Å². The van der Waals surface area contributed by atoms with Crippen molar-refractivity contribution in [3.8, 4) is 12.1 Å². The van der Waals surface area contributed by atoms with E-state index >= 15 is 0 Å². The van der Waals surface area contributed by atoms with Gasteiger partial charge in [0.15, 0.2) is 0 Å². The molecular weight excluding hydrogens is 194 g/mol. The van der Waals surface area contributed by atoms with E-state index in [1.54, 1.807) is 0 Å². The Bertz CT molecular complexity index is 495. The fourth-order valence-corrected chi connectivity index (χ4v) is 1.34. The van der Waals surface area contributed by atoms with Crippen LogP contribution in [-0.4, -0.2) is 4.92 Å². The lowest BCUT2D eigenvalue weighted by molar-refractivity contribution is -0.385. The highest BCUT2D eigenvalue weighted by Crippen LogP contribution is 2.24. The highest BCUT2D eigenvalue weighted by molar-refractivity contribution is 5.54. The smallest absolute Gasteiger partial charge is 0.258 e. The second-order valence-corrected chi connectivity index (χ2v) is 2.95. The molecule has 0 saturated heterocycles. The molecule has 0 fully saturated rings. The Balaban J connectivity index is 3.42. The van der Waals surface area contributed by atoms with E-state index in [0.29, 0.717) is 11.1 Å². The van der Waals surface area contributed by atoms with Gasteiger partial charge in [0.2, 0.25) is 0 Å². The van der Waals surface area contributed by atoms with Crippen LogP contribution in [0.25, 0.3) is 0 Å². The van der Waals surface area contributed by atoms with Crippen molar-refractivity contribution in [2.75, 3.05) is 0 Å². The fourth-order valence-electron chi connectivity index (χ4n) is 1.34. The summed E-state index contributed by atoms with van der Waals surface area (Å²) in [7, 11) is 0. The second kappa shape index (κ2) is 4.21. The lowest BCUT2D eigenvalue weighted by Crippen LogP contribution is -1.98. The number of nitro benzene ring substituents is 1. The van der Waals surface area contributed by atoms with Crippen molar-refractivity contribution in [2.45, 2.75) is 13.3 Å². The first-order valence-electron chi connectivity index (χ1n) is 4.15. The van der Waals surface area contributed by atoms with E-state index in [-0.39, 0.29) is 17.7 Å². The number of rotatable bonds is 2. The molecule has 5 heteroatoms. The molecule has 0 aliphatic rings. The topological polar surface area (TPSA) is 90.7 Å². The Morgan fingerprint density at radius 1 is 1.47 bits per heavy atom. The van der Waals surface area contributed by atoms with Crippen molar-refractivity contribution in [2.24, 2.45) is 0 Å². The van der Waals surface area contributed by atoms with Crippen molar-refractivity contribution in [3.63, 3.8) is 0 Å². The number of nitriles is 2. The van der Waals surface area contributed by atoms with E-state index < -0.39 is 4.92 Å². The van der Waals surface area contributed by atoms with Crippen LogP contribution in [0.4, 0.5) is 5.69 Å². The van der Waals surface area contributed by atoms with Gasteiger partial charge in [-0.25, -0.2) is 0 Å². The van der Waals surface area contributed by atoms with Gasteiger partial charge in [0, 0.05) is 11.6 Å². The Labute approximate surface area is 86.3 Å². The molecule has 0 N–H and O–H groups in total. The number of nitro groups is 1. The Morgan fingerprint density at radius 3 is 2.60 bits per heavy atom. The molecule has 0 heterocycles. The molecule has 0 saturated carbocycles. The Kier molecular flexibility index (Phi) is 3.00. The van der Waals surface area contributed by atoms with Gasteiger partial charge in [-0.1, -0.05) is 0 Å². The number of hydrogen-bond donors (Lipinski definition) is 0. The fraction of sp³-hybridized carbons (Fsp3) is 0.200. The molecule has 0 bridgehead atoms. The molecular formula is C10H7N3O2. The lowest BCUT2D eigenvalue weighted by Gasteiger charge is -2.03. The van der Waals surface area contributed by atoms with Crippen LogP contribution in [0.5, 0.6) is 0 Å². The molecule has 1 rings (SSSR count). The Hall–Kier alpha value is -2.40. The van der Waals surface area contributed by atoms with Gasteiger partial charge in [-0.15, -0.1) is 0 Å². The summed E-state index contributed by atoms with van der Waals surface area (Å²) < 4.78 is 0. The largest absolute Gasteiger partial charge is 0.273 e. The molecule has 0 radical (unpaired) electrons. The van der Waals surface area contributed by atoms with Crippen LogP contribution in [0.2, 0.25) is 0 Å². The molecule has 1 aromatic rings. The predicted octanol–water partition coefficient (Wildman–Crippen LogP) is 1.84. The highest BCUT2D eigenvalue weighted by Gasteiger charge is 2.16. The van der Waals surface area contributed by atoms with Crippen LogP contribution in [0, 0.1) is 39.7 Å². The number of benzene rings is 1. The van der Waals surface area contributed by atoms with Gasteiger partial charge in [0.25, 0.3) is 5.69 Å². The average molecular weight is 201 g/mol. The summed E-state index contributed by atoms with van der Waals surface area (Å²) in [6.07, 6.45) is 0.0850. The minimum absolute atomic E-state index is 0.0850. The summed E-state index contributed by atoms with van der Waals surface area (Å²) in [5.74, 6) is 0. The van der Waals surface area contributed by atoms with E-state index in [4.69, 9.17) is 10.5 Å². The molecule has 0 aliphatic heterocycles. The first-order chi connectivity index (χ1) is 7.11. The molecule has 0 amide bonds. The van der Waals surface area contributed by atoms with Gasteiger partial charge in [0.05, 0.1) is 29.0 Å². The minimum Gasteiger partial charge on any atom is -0.258 e. The average Bonchev–Trinajstić information content (AvgIpc) is 2.18. The summed E-state index contributed by atoms with van der Waals surface area (Å²) in [5, 5.41) is 28.0. The van der Waals surface area contributed by atoms with Crippen LogP contribution in [0.15, 0.2) is 12.1 Å². The normalized spacial score (nSPS) is 9.00. The molecule has 0 spiro atoms. The second-order valence-electron chi connectivity index (χ2n) is 2.95. The molecule has 74 valence electrons. The standard InChI is InChI=1S/C10H7N3O2/c1-7-9(6-12)8(4-5-11)2-3-10(7)13(14)15/h2-3H,4H2,1H3. The molecule has 5 nitrogen and oxygen atoms in total. The van der Waals surface area contributed by atoms with Crippen molar-refractivity contribution < 1.29 is 4.92 Å². The van der Waals surface area contributed by atoms with Crippen LogP contribution >= 0.6 is 0 Å². The first kappa shape index (κ1) is 10.7. The highest BCUT2D eigenvalue weighted by atomic mass is 16.6. The summed E-state index contributed by atoms with van der Waals surface area (Å²) in [6.45, 7) is 1.51. The van der Waals surface area contributed by atoms with Crippen LogP contribution in [-0.2, 0) is 6.42 Å². The molecule has 1 aromatic carbocycles. The quantitative estimate of drug-likeness (QED) is 0.539. The maximum atomic E-state index is 10.6. The van der Waals surface area contributed by atoms with Crippen molar-refractivity contribution in [3.05, 3.63) is 38.9 Å². The van der Waals surface area contributed by atoms with Crippen LogP contribution in [0.1, 0.15) is 16.7 Å². The van der Waals surface area contributed by atoms with Gasteiger partial charge in [-0.3, -0.25) is 10.1 Å². The third-order valence-corrected chi connectivity index (χ3v) is 2.10. The number of hydrogen-bond acceptors (Lipinski definition) is 4. The zero-order valence-corrected chi connectivity index (χ0v) is 8.02. The van der Waals surface area contributed by atoms with E-state index in [0.717, 1.165) is 0 Å². The molecule has 0 atom stereocenters. The van der Waals surface area contributed by atoms with Crippen molar-refractivity contribution in [1.82, 2.24) is 0 Å². The zero-order chi connectivity index (χ0) is 11.4. The number of nitrogens with zero attached hydrogens (tertiary/aromatic N) is 3. The lowest BCUT2D eigenvalue weighted by atomic mass is 9.99. The van der Waals surface area contributed by atoms with E-state index in [2.05, 4.69) is 0 Å². The third-order valence-electron chi connectivity index (χ3n) is 2.10. The van der Waals surface area contributed by atoms with Crippen LogP contribution < -0.4 is 0 Å². The maximum Gasteiger partial charge on any atom is 0.273 e. The maximum absolute atomic E-state index is 10.6. The molecule has 0 aromatic heterocycles. The molecule has 15 heavy (non-hydrogen) atoms. The zero-order valence-electron chi connectivity index (χ0n) is 8.02. The van der Waals surface area contributed by atoms with E-state index in [1.165, 1.54) is 19.1 Å². The SMILES string of the molecule is Cc1c([N+](=O)[O-])ccc(CC#N)c1C#N. The molecule has 0 aliphatic carbocycles. The summed E-state index contributed by atoms with van der Waals surface area (Å²) in [6, 6.07) is 6.58. The van der Waals surface area contributed by atoms with Crippen molar-refractivity contribution >= 4 is 5.69 Å². The summed E-state index contributed by atoms with van der Waals surface area (Å²) in [5.41, 5.74) is 0.984. The third kappa shape index (κ3) is 1.92. The summed E-state index contributed by atoms with van der Waals surface area (Å²) >= 11 is 0. The van der Waals surface area contributed by atoms with Gasteiger partial charge in [-0.05, 0) is 18.6 Å². The minimum atomic E-state index is -0.535. The first-order valence-corrected chi connectivity index (χ1v) is 4.15. The van der Waals surface area contributed by atoms with E-state index in [9.17, 15) is 10.1 Å². The monoisotopic (exact) mass is 201 g/mol. The van der Waals surface area contributed by atoms with Gasteiger partial charge in [0.1, 0.15) is 0 Å². The van der Waals surface area contributed by atoms with Gasteiger partial charge < -0.3 is 0 Å².